The molecule has 1 atom stereocenters. The largest absolute Gasteiger partial charge is 0.399 e. The van der Waals surface area contributed by atoms with Gasteiger partial charge in [0.1, 0.15) is 5.66 Å². The molecule has 1 saturated heterocycles. The summed E-state index contributed by atoms with van der Waals surface area (Å²) in [6.45, 7) is 1.92. The molecular formula is C17H21N5S. The summed E-state index contributed by atoms with van der Waals surface area (Å²) in [6, 6.07) is 8.29. The van der Waals surface area contributed by atoms with Crippen LogP contribution >= 0.6 is 11.3 Å². The van der Waals surface area contributed by atoms with E-state index in [9.17, 15) is 0 Å². The van der Waals surface area contributed by atoms with Crippen molar-refractivity contribution in [3.05, 3.63) is 48.3 Å². The molecule has 0 radical (unpaired) electrons. The third-order valence-electron chi connectivity index (χ3n) is 4.86. The number of anilines is 1. The van der Waals surface area contributed by atoms with Crippen LogP contribution in [0.3, 0.4) is 0 Å². The predicted octanol–water partition coefficient (Wildman–Crippen LogP) is 2.13. The number of hydrogen-bond donors (Lipinski definition) is 3. The lowest BCUT2D eigenvalue weighted by Gasteiger charge is -2.43. The highest BCUT2D eigenvalue weighted by Crippen LogP contribution is 2.34. The monoisotopic (exact) mass is 327 g/mol. The Morgan fingerprint density at radius 3 is 2.78 bits per heavy atom. The lowest BCUT2D eigenvalue weighted by atomic mass is 9.82. The van der Waals surface area contributed by atoms with Crippen LogP contribution in [0.1, 0.15) is 12.8 Å². The molecule has 1 aromatic carbocycles. The number of piperidine rings is 1. The zero-order chi connectivity index (χ0) is 15.9. The molecule has 2 aliphatic heterocycles. The maximum atomic E-state index is 6.54. The Morgan fingerprint density at radius 2 is 2.04 bits per heavy atom. The number of hydrogen-bond acceptors (Lipinski definition) is 6. The molecule has 1 aromatic heterocycles. The number of benzene rings is 1. The Morgan fingerprint density at radius 1 is 1.26 bits per heavy atom. The van der Waals surface area contributed by atoms with Gasteiger partial charge in [0.05, 0.1) is 10.2 Å². The summed E-state index contributed by atoms with van der Waals surface area (Å²) in [5, 5.41) is 4.37. The fourth-order valence-corrected chi connectivity index (χ4v) is 4.45. The number of para-hydroxylation sites is 1. The zero-order valence-electron chi connectivity index (χ0n) is 12.9. The van der Waals surface area contributed by atoms with Crippen molar-refractivity contribution in [1.82, 2.24) is 10.3 Å². The van der Waals surface area contributed by atoms with Crippen molar-refractivity contribution >= 4 is 26.7 Å². The first-order valence-corrected chi connectivity index (χ1v) is 8.78. The molecule has 23 heavy (non-hydrogen) atoms. The minimum atomic E-state index is -0.617. The van der Waals surface area contributed by atoms with Crippen molar-refractivity contribution in [2.24, 2.45) is 17.4 Å². The first-order chi connectivity index (χ1) is 11.2. The normalized spacial score (nSPS) is 25.4. The van der Waals surface area contributed by atoms with Crippen molar-refractivity contribution in [1.29, 1.82) is 0 Å². The smallest absolute Gasteiger partial charge is 0.186 e. The molecule has 0 spiro atoms. The summed E-state index contributed by atoms with van der Waals surface area (Å²) < 4.78 is 1.24. The van der Waals surface area contributed by atoms with Gasteiger partial charge >= 0.3 is 0 Å². The summed E-state index contributed by atoms with van der Waals surface area (Å²) in [6.07, 6.45) is 7.69. The molecule has 2 aliphatic rings. The maximum Gasteiger partial charge on any atom is 0.186 e. The van der Waals surface area contributed by atoms with Crippen molar-refractivity contribution in [3.8, 4) is 0 Å². The number of nitrogens with zero attached hydrogens (tertiary/aromatic N) is 2. The lowest BCUT2D eigenvalue weighted by Crippen LogP contribution is -2.63. The van der Waals surface area contributed by atoms with Gasteiger partial charge in [-0.3, -0.25) is 0 Å². The quantitative estimate of drug-likeness (QED) is 0.787. The van der Waals surface area contributed by atoms with E-state index in [1.165, 1.54) is 4.70 Å². The van der Waals surface area contributed by atoms with Gasteiger partial charge in [-0.25, -0.2) is 4.98 Å². The van der Waals surface area contributed by atoms with Gasteiger partial charge in [-0.05, 0) is 43.3 Å². The van der Waals surface area contributed by atoms with Crippen LogP contribution in [0, 0.1) is 5.92 Å². The summed E-state index contributed by atoms with van der Waals surface area (Å²) in [7, 11) is 0. The third kappa shape index (κ3) is 2.48. The van der Waals surface area contributed by atoms with Gasteiger partial charge in [0.2, 0.25) is 0 Å². The van der Waals surface area contributed by atoms with E-state index in [0.29, 0.717) is 5.92 Å². The third-order valence-corrected chi connectivity index (χ3v) is 5.96. The first kappa shape index (κ1) is 14.5. The summed E-state index contributed by atoms with van der Waals surface area (Å²) in [5.74, 6) is 0.328. The van der Waals surface area contributed by atoms with E-state index in [1.807, 2.05) is 24.4 Å². The van der Waals surface area contributed by atoms with Gasteiger partial charge < -0.3 is 21.7 Å². The van der Waals surface area contributed by atoms with Crippen LogP contribution < -0.4 is 21.7 Å². The van der Waals surface area contributed by atoms with Crippen molar-refractivity contribution < 1.29 is 0 Å². The Bertz CT molecular complexity index is 739. The van der Waals surface area contributed by atoms with Gasteiger partial charge in [-0.15, -0.1) is 0 Å². The number of nitrogens with one attached hydrogen (secondary N) is 1. The van der Waals surface area contributed by atoms with Crippen LogP contribution in [-0.2, 0) is 0 Å². The van der Waals surface area contributed by atoms with Gasteiger partial charge in [-0.2, -0.15) is 0 Å². The number of thiazole rings is 1. The van der Waals surface area contributed by atoms with E-state index in [4.69, 9.17) is 16.5 Å². The van der Waals surface area contributed by atoms with Gasteiger partial charge in [-0.1, -0.05) is 23.5 Å². The second kappa shape index (κ2) is 5.54. The zero-order valence-corrected chi connectivity index (χ0v) is 13.7. The van der Waals surface area contributed by atoms with Gasteiger partial charge in [0, 0.05) is 24.7 Å². The van der Waals surface area contributed by atoms with Gasteiger partial charge in [0.15, 0.2) is 5.13 Å². The average Bonchev–Trinajstić information content (AvgIpc) is 3.02. The summed E-state index contributed by atoms with van der Waals surface area (Å²) in [5.41, 5.74) is 13.9. The van der Waals surface area contributed by atoms with Crippen LogP contribution in [0.25, 0.3) is 10.2 Å². The second-order valence-electron chi connectivity index (χ2n) is 6.22. The van der Waals surface area contributed by atoms with E-state index >= 15 is 0 Å². The molecule has 5 N–H and O–H groups in total. The number of aromatic nitrogens is 1. The molecule has 120 valence electrons. The topological polar surface area (TPSA) is 80.2 Å². The van der Waals surface area contributed by atoms with Crippen molar-refractivity contribution in [2.75, 3.05) is 18.0 Å². The SMILES string of the molecule is NC1=CC=CNC1(N)C1CCN(c2nc3ccccc3s2)CC1. The standard InChI is InChI=1S/C17H21N5S/c18-15-6-3-9-20-17(15,19)12-7-10-22(11-8-12)16-21-13-4-1-2-5-14(13)23-16/h1-6,9,12,20H,7-8,10-11,18-19H2. The predicted molar refractivity (Wildman–Crippen MR) is 96.0 cm³/mol. The lowest BCUT2D eigenvalue weighted by molar-refractivity contribution is 0.233. The van der Waals surface area contributed by atoms with Crippen LogP contribution in [0.4, 0.5) is 5.13 Å². The highest BCUT2D eigenvalue weighted by Gasteiger charge is 2.39. The van der Waals surface area contributed by atoms with Crippen molar-refractivity contribution in [2.45, 2.75) is 18.5 Å². The molecule has 0 aliphatic carbocycles. The average molecular weight is 327 g/mol. The minimum Gasteiger partial charge on any atom is -0.399 e. The van der Waals surface area contributed by atoms with E-state index in [2.05, 4.69) is 28.4 Å². The van der Waals surface area contributed by atoms with E-state index in [0.717, 1.165) is 42.3 Å². The highest BCUT2D eigenvalue weighted by molar-refractivity contribution is 7.22. The minimum absolute atomic E-state index is 0.328. The fourth-order valence-electron chi connectivity index (χ4n) is 3.43. The maximum absolute atomic E-state index is 6.54. The van der Waals surface area contributed by atoms with Crippen molar-refractivity contribution in [3.63, 3.8) is 0 Å². The Kier molecular flexibility index (Phi) is 3.50. The van der Waals surface area contributed by atoms with Gasteiger partial charge in [0.25, 0.3) is 0 Å². The number of nitrogens with two attached hydrogens (primary N) is 2. The van der Waals surface area contributed by atoms with Crippen LogP contribution in [0.5, 0.6) is 0 Å². The Labute approximate surface area is 139 Å². The molecule has 3 heterocycles. The second-order valence-corrected chi connectivity index (χ2v) is 7.23. The molecule has 0 bridgehead atoms. The Hall–Kier alpha value is -2.05. The fraction of sp³-hybridized carbons (Fsp3) is 0.353. The summed E-state index contributed by atoms with van der Waals surface area (Å²) in [4.78, 5) is 7.12. The van der Waals surface area contributed by atoms with E-state index in [-0.39, 0.29) is 0 Å². The number of dihydropyridines is 1. The molecule has 2 aromatic rings. The highest BCUT2D eigenvalue weighted by atomic mass is 32.1. The molecule has 1 unspecified atom stereocenters. The molecule has 0 saturated carbocycles. The van der Waals surface area contributed by atoms with E-state index < -0.39 is 5.66 Å². The molecule has 5 nitrogen and oxygen atoms in total. The molecule has 6 heteroatoms. The molecule has 1 fully saturated rings. The number of rotatable bonds is 2. The Balaban J connectivity index is 1.49. The molecular weight excluding hydrogens is 306 g/mol. The molecule has 0 amide bonds. The summed E-state index contributed by atoms with van der Waals surface area (Å²) >= 11 is 1.76. The first-order valence-electron chi connectivity index (χ1n) is 7.97. The number of fused-ring (bicyclic) bond motifs is 1. The van der Waals surface area contributed by atoms with Crippen LogP contribution in [0.2, 0.25) is 0 Å². The number of allylic oxidation sites excluding steroid dienone is 2. The van der Waals surface area contributed by atoms with Crippen LogP contribution in [-0.4, -0.2) is 23.7 Å². The van der Waals surface area contributed by atoms with E-state index in [1.54, 1.807) is 11.3 Å². The molecule has 4 rings (SSSR count). The van der Waals surface area contributed by atoms with Crippen LogP contribution in [0.15, 0.2) is 48.3 Å².